The average molecular weight is 238 g/mol. The molecule has 0 amide bonds. The van der Waals surface area contributed by atoms with E-state index in [1.165, 1.54) is 6.33 Å². The van der Waals surface area contributed by atoms with Crippen LogP contribution in [-0.4, -0.2) is 15.0 Å². The summed E-state index contributed by atoms with van der Waals surface area (Å²) in [6.45, 7) is 0. The van der Waals surface area contributed by atoms with Crippen molar-refractivity contribution in [3.8, 4) is 0 Å². The van der Waals surface area contributed by atoms with Crippen LogP contribution in [0.1, 0.15) is 0 Å². The van der Waals surface area contributed by atoms with Crippen LogP contribution in [0.4, 0.5) is 11.5 Å². The van der Waals surface area contributed by atoms with Crippen LogP contribution < -0.4 is 10.9 Å². The fourth-order valence-corrected chi connectivity index (χ4v) is 1.77. The predicted octanol–water partition coefficient (Wildman–Crippen LogP) is 2.06. The molecule has 2 heterocycles. The quantitative estimate of drug-likeness (QED) is 0.717. The summed E-state index contributed by atoms with van der Waals surface area (Å²) in [4.78, 5) is 22.6. The number of rotatable bonds is 2. The van der Waals surface area contributed by atoms with Gasteiger partial charge in [-0.15, -0.1) is 0 Å². The molecule has 5 nitrogen and oxygen atoms in total. The van der Waals surface area contributed by atoms with Gasteiger partial charge in [0, 0.05) is 11.9 Å². The van der Waals surface area contributed by atoms with Gasteiger partial charge >= 0.3 is 0 Å². The van der Waals surface area contributed by atoms with Crippen LogP contribution in [0, 0.1) is 0 Å². The topological polar surface area (TPSA) is 70.7 Å². The average Bonchev–Trinajstić information content (AvgIpc) is 2.40. The molecule has 3 rings (SSSR count). The fraction of sp³-hybridized carbons (Fsp3) is 0. The lowest BCUT2D eigenvalue weighted by atomic mass is 10.2. The molecule has 1 aromatic carbocycles. The van der Waals surface area contributed by atoms with Crippen LogP contribution in [-0.2, 0) is 0 Å². The zero-order valence-corrected chi connectivity index (χ0v) is 9.42. The van der Waals surface area contributed by atoms with Gasteiger partial charge in [-0.05, 0) is 18.2 Å². The summed E-state index contributed by atoms with van der Waals surface area (Å²) in [6, 6.07) is 11.3. The number of fused-ring (bicyclic) bond motifs is 1. The summed E-state index contributed by atoms with van der Waals surface area (Å²) >= 11 is 0. The van der Waals surface area contributed by atoms with Gasteiger partial charge < -0.3 is 10.3 Å². The van der Waals surface area contributed by atoms with Crippen molar-refractivity contribution in [3.05, 3.63) is 59.3 Å². The number of aromatic amines is 1. The number of pyridine rings is 1. The number of nitrogens with one attached hydrogen (secondary N) is 2. The minimum Gasteiger partial charge on any atom is -0.339 e. The van der Waals surface area contributed by atoms with E-state index in [-0.39, 0.29) is 5.56 Å². The Kier molecular flexibility index (Phi) is 2.49. The molecule has 0 saturated heterocycles. The summed E-state index contributed by atoms with van der Waals surface area (Å²) in [5.74, 6) is 0.507. The van der Waals surface area contributed by atoms with Crippen LogP contribution in [0.15, 0.2) is 53.7 Å². The second kappa shape index (κ2) is 4.29. The van der Waals surface area contributed by atoms with Gasteiger partial charge in [-0.1, -0.05) is 18.2 Å². The zero-order valence-electron chi connectivity index (χ0n) is 9.42. The molecule has 0 unspecified atom stereocenters. The Hall–Kier alpha value is -2.69. The van der Waals surface area contributed by atoms with Gasteiger partial charge in [0.2, 0.25) is 0 Å². The zero-order chi connectivity index (χ0) is 12.4. The largest absolute Gasteiger partial charge is 0.339 e. The molecule has 5 heteroatoms. The van der Waals surface area contributed by atoms with Crippen molar-refractivity contribution < 1.29 is 0 Å². The summed E-state index contributed by atoms with van der Waals surface area (Å²) in [7, 11) is 0. The third kappa shape index (κ3) is 1.82. The lowest BCUT2D eigenvalue weighted by molar-refractivity contribution is 1.18. The number of H-pyrrole nitrogens is 1. The Balaban J connectivity index is 2.15. The number of aromatic nitrogens is 3. The summed E-state index contributed by atoms with van der Waals surface area (Å²) in [6.07, 6.45) is 3.01. The Morgan fingerprint density at radius 1 is 1.06 bits per heavy atom. The van der Waals surface area contributed by atoms with Gasteiger partial charge in [0.15, 0.2) is 0 Å². The molecule has 2 aromatic heterocycles. The maximum Gasteiger partial charge on any atom is 0.261 e. The van der Waals surface area contributed by atoms with Crippen molar-refractivity contribution in [2.45, 2.75) is 0 Å². The van der Waals surface area contributed by atoms with E-state index in [4.69, 9.17) is 0 Å². The van der Waals surface area contributed by atoms with Crippen LogP contribution in [0.3, 0.4) is 0 Å². The van der Waals surface area contributed by atoms with Gasteiger partial charge in [0.1, 0.15) is 17.5 Å². The summed E-state index contributed by atoms with van der Waals surface area (Å²) in [5.41, 5.74) is 1.29. The molecule has 2 N–H and O–H groups in total. The highest BCUT2D eigenvalue weighted by molar-refractivity contribution is 5.89. The van der Waals surface area contributed by atoms with E-state index < -0.39 is 0 Å². The van der Waals surface area contributed by atoms with Crippen LogP contribution in [0.2, 0.25) is 0 Å². The Morgan fingerprint density at radius 3 is 2.72 bits per heavy atom. The Bertz CT molecular complexity index is 731. The second-order valence-electron chi connectivity index (χ2n) is 3.78. The third-order valence-corrected chi connectivity index (χ3v) is 2.60. The van der Waals surface area contributed by atoms with E-state index >= 15 is 0 Å². The number of nitrogens with zero attached hydrogens (tertiary/aromatic N) is 2. The molecule has 0 aliphatic carbocycles. The molecule has 0 radical (unpaired) electrons. The molecule has 0 fully saturated rings. The monoisotopic (exact) mass is 238 g/mol. The van der Waals surface area contributed by atoms with Gasteiger partial charge in [0.25, 0.3) is 5.56 Å². The lowest BCUT2D eigenvalue weighted by Gasteiger charge is -2.06. The van der Waals surface area contributed by atoms with Crippen molar-refractivity contribution in [1.29, 1.82) is 0 Å². The van der Waals surface area contributed by atoms with Gasteiger partial charge in [-0.25, -0.2) is 9.97 Å². The predicted molar refractivity (Wildman–Crippen MR) is 69.9 cm³/mol. The molecular formula is C13H10N4O. The van der Waals surface area contributed by atoms with Crippen molar-refractivity contribution >= 4 is 22.4 Å². The van der Waals surface area contributed by atoms with E-state index in [0.29, 0.717) is 16.7 Å². The molecule has 0 aliphatic heterocycles. The number of benzene rings is 1. The molecule has 0 spiro atoms. The minimum absolute atomic E-state index is 0.202. The second-order valence-corrected chi connectivity index (χ2v) is 3.78. The first-order valence-corrected chi connectivity index (χ1v) is 5.49. The van der Waals surface area contributed by atoms with Crippen molar-refractivity contribution in [2.75, 3.05) is 5.32 Å². The van der Waals surface area contributed by atoms with Gasteiger partial charge in [-0.3, -0.25) is 4.79 Å². The van der Waals surface area contributed by atoms with E-state index in [2.05, 4.69) is 20.3 Å². The Labute approximate surface area is 103 Å². The number of anilines is 2. The number of para-hydroxylation sites is 1. The third-order valence-electron chi connectivity index (χ3n) is 2.60. The number of hydrogen-bond donors (Lipinski definition) is 2. The highest BCUT2D eigenvalue weighted by Crippen LogP contribution is 2.18. The lowest BCUT2D eigenvalue weighted by Crippen LogP contribution is -2.09. The van der Waals surface area contributed by atoms with Crippen molar-refractivity contribution in [1.82, 2.24) is 15.0 Å². The van der Waals surface area contributed by atoms with Crippen LogP contribution in [0.25, 0.3) is 10.9 Å². The van der Waals surface area contributed by atoms with Crippen molar-refractivity contribution in [2.24, 2.45) is 0 Å². The normalized spacial score (nSPS) is 10.4. The summed E-state index contributed by atoms with van der Waals surface area (Å²) < 4.78 is 0. The number of hydrogen-bond acceptors (Lipinski definition) is 4. The summed E-state index contributed by atoms with van der Waals surface area (Å²) in [5, 5.41) is 3.58. The van der Waals surface area contributed by atoms with Crippen LogP contribution >= 0.6 is 0 Å². The van der Waals surface area contributed by atoms with Gasteiger partial charge in [0.05, 0.1) is 5.52 Å². The van der Waals surface area contributed by atoms with Crippen molar-refractivity contribution in [3.63, 3.8) is 0 Å². The van der Waals surface area contributed by atoms with Crippen LogP contribution in [0.5, 0.6) is 0 Å². The maximum absolute atomic E-state index is 11.8. The van der Waals surface area contributed by atoms with Gasteiger partial charge in [-0.2, -0.15) is 0 Å². The van der Waals surface area contributed by atoms with E-state index in [0.717, 1.165) is 5.69 Å². The fourth-order valence-electron chi connectivity index (χ4n) is 1.77. The first kappa shape index (κ1) is 10.5. The standard InChI is InChI=1S/C13H10N4O/c18-13-11-10(6-7-14-13)15-8-16-12(11)17-9-4-2-1-3-5-9/h1-8H,(H,14,18)(H,15,16,17). The Morgan fingerprint density at radius 2 is 1.89 bits per heavy atom. The highest BCUT2D eigenvalue weighted by atomic mass is 16.1. The molecule has 0 aliphatic rings. The molecule has 3 aromatic rings. The smallest absolute Gasteiger partial charge is 0.261 e. The first-order chi connectivity index (χ1) is 8.84. The molecule has 88 valence electrons. The molecule has 0 bridgehead atoms. The molecular weight excluding hydrogens is 228 g/mol. The molecule has 0 saturated carbocycles. The first-order valence-electron chi connectivity index (χ1n) is 5.49. The van der Waals surface area contributed by atoms with E-state index in [9.17, 15) is 4.79 Å². The van der Waals surface area contributed by atoms with E-state index in [1.807, 2.05) is 30.3 Å². The maximum atomic E-state index is 11.8. The highest BCUT2D eigenvalue weighted by Gasteiger charge is 2.07. The molecule has 18 heavy (non-hydrogen) atoms. The SMILES string of the molecule is O=c1[nH]ccc2ncnc(Nc3ccccc3)c12. The minimum atomic E-state index is -0.202. The van der Waals surface area contributed by atoms with E-state index in [1.54, 1.807) is 12.3 Å². The molecule has 0 atom stereocenters.